The zero-order valence-electron chi connectivity index (χ0n) is 13.1. The molecule has 0 N–H and O–H groups in total. The Labute approximate surface area is 182 Å². The predicted molar refractivity (Wildman–Crippen MR) is 87.2 cm³/mol. The van der Waals surface area contributed by atoms with Gasteiger partial charge in [-0.25, -0.2) is 0 Å². The maximum atomic E-state index is 6.30. The van der Waals surface area contributed by atoms with Crippen LogP contribution in [-0.2, 0) is 0 Å². The Bertz CT molecular complexity index is 803. The molecule has 0 aliphatic carbocycles. The molecule has 0 fully saturated rings. The van der Waals surface area contributed by atoms with E-state index in [4.69, 9.17) is 17.7 Å². The standard InChI is InChI=1S/C18H13O4Si.K/c1-2-8-14(9-3-1)23(19-15-10-4-5-11-16(15)20-23)21-17-12-6-7-13-18(17)22-23;/h1-13H;/q-1;+1. The van der Waals surface area contributed by atoms with Gasteiger partial charge in [0, 0.05) is 0 Å². The molecule has 0 saturated heterocycles. The van der Waals surface area contributed by atoms with E-state index in [9.17, 15) is 0 Å². The van der Waals surface area contributed by atoms with Crippen molar-refractivity contribution in [2.24, 2.45) is 0 Å². The third-order valence-corrected chi connectivity index (χ3v) is 7.65. The van der Waals surface area contributed by atoms with E-state index in [1.54, 1.807) is 0 Å². The Morgan fingerprint density at radius 3 is 1.17 bits per heavy atom. The van der Waals surface area contributed by atoms with E-state index in [0.717, 1.165) is 5.19 Å². The Kier molecular flexibility index (Phi) is 3.79. The quantitative estimate of drug-likeness (QED) is 0.582. The van der Waals surface area contributed by atoms with Crippen LogP contribution in [0.3, 0.4) is 0 Å². The molecule has 2 heterocycles. The molecule has 4 nitrogen and oxygen atoms in total. The third-order valence-electron chi connectivity index (χ3n) is 4.09. The summed E-state index contributed by atoms with van der Waals surface area (Å²) in [6.45, 7) is 0. The second-order valence-corrected chi connectivity index (χ2v) is 8.79. The molecule has 24 heavy (non-hydrogen) atoms. The number of fused-ring (bicyclic) bond motifs is 2. The van der Waals surface area contributed by atoms with Crippen molar-refractivity contribution in [3.63, 3.8) is 0 Å². The van der Waals surface area contributed by atoms with Gasteiger partial charge in [-0.2, -0.15) is 0 Å². The van der Waals surface area contributed by atoms with Gasteiger partial charge in [0.05, 0.1) is 0 Å². The number of para-hydroxylation sites is 4. The van der Waals surface area contributed by atoms with E-state index in [1.807, 2.05) is 78.9 Å². The molecule has 5 rings (SSSR count). The summed E-state index contributed by atoms with van der Waals surface area (Å²) in [6.07, 6.45) is 0. The van der Waals surface area contributed by atoms with Crippen molar-refractivity contribution < 1.29 is 69.1 Å². The Morgan fingerprint density at radius 1 is 0.458 bits per heavy atom. The molecule has 114 valence electrons. The van der Waals surface area contributed by atoms with Crippen LogP contribution < -0.4 is 74.3 Å². The first-order valence-electron chi connectivity index (χ1n) is 7.45. The van der Waals surface area contributed by atoms with Crippen LogP contribution in [0, 0.1) is 0 Å². The van der Waals surface area contributed by atoms with Gasteiger partial charge in [0.15, 0.2) is 0 Å². The van der Waals surface area contributed by atoms with E-state index < -0.39 is 8.33 Å². The molecular formula is C18H13KO4Si. The Morgan fingerprint density at radius 2 is 0.792 bits per heavy atom. The Balaban J connectivity index is 0.00000146. The SMILES string of the molecule is [K+].c1ccc([Si-]23(Oc4ccccc4O2)Oc2ccccc2O3)cc1. The van der Waals surface area contributed by atoms with Crippen LogP contribution in [0.1, 0.15) is 0 Å². The van der Waals surface area contributed by atoms with E-state index in [-0.39, 0.29) is 51.4 Å². The second-order valence-electron chi connectivity index (χ2n) is 5.58. The third kappa shape index (κ3) is 2.18. The predicted octanol–water partition coefficient (Wildman–Crippen LogP) is 0.230. The van der Waals surface area contributed by atoms with Crippen LogP contribution in [0.5, 0.6) is 23.0 Å². The molecule has 0 aromatic heterocycles. The molecule has 6 heteroatoms. The summed E-state index contributed by atoms with van der Waals surface area (Å²) in [7, 11) is -4.31. The first kappa shape index (κ1) is 16.2. The monoisotopic (exact) mass is 360 g/mol. The van der Waals surface area contributed by atoms with Gasteiger partial charge in [-0.1, -0.05) is 0 Å². The van der Waals surface area contributed by atoms with Gasteiger partial charge < -0.3 is 0 Å². The average molecular weight is 360 g/mol. The second kappa shape index (κ2) is 5.62. The normalized spacial score (nSPS) is 19.1. The van der Waals surface area contributed by atoms with Crippen molar-refractivity contribution in [1.82, 2.24) is 0 Å². The van der Waals surface area contributed by atoms with E-state index in [2.05, 4.69) is 0 Å². The van der Waals surface area contributed by atoms with E-state index in [0.29, 0.717) is 23.0 Å². The van der Waals surface area contributed by atoms with Gasteiger partial charge in [-0.15, -0.1) is 0 Å². The van der Waals surface area contributed by atoms with Crippen molar-refractivity contribution in [3.8, 4) is 23.0 Å². The van der Waals surface area contributed by atoms with Crippen molar-refractivity contribution in [2.45, 2.75) is 0 Å². The van der Waals surface area contributed by atoms with Crippen LogP contribution in [-0.4, -0.2) is 8.33 Å². The van der Waals surface area contributed by atoms with E-state index in [1.165, 1.54) is 0 Å². The Hall–Kier alpha value is -1.29. The summed E-state index contributed by atoms with van der Waals surface area (Å²) >= 11 is 0. The fourth-order valence-electron chi connectivity index (χ4n) is 3.07. The van der Waals surface area contributed by atoms with Crippen molar-refractivity contribution in [2.75, 3.05) is 0 Å². The molecular weight excluding hydrogens is 347 g/mol. The molecule has 0 saturated carbocycles. The summed E-state index contributed by atoms with van der Waals surface area (Å²) in [5.41, 5.74) is 0. The maximum absolute atomic E-state index is 6.30. The summed E-state index contributed by atoms with van der Waals surface area (Å²) < 4.78 is 25.2. The number of rotatable bonds is 1. The minimum absolute atomic E-state index is 0. The van der Waals surface area contributed by atoms with Gasteiger partial charge >= 0.3 is 184 Å². The fourth-order valence-corrected chi connectivity index (χ4v) is 6.72. The van der Waals surface area contributed by atoms with Crippen molar-refractivity contribution in [3.05, 3.63) is 78.9 Å². The van der Waals surface area contributed by atoms with Crippen LogP contribution >= 0.6 is 0 Å². The van der Waals surface area contributed by atoms with Crippen LogP contribution in [0.15, 0.2) is 78.9 Å². The van der Waals surface area contributed by atoms with Gasteiger partial charge in [0.1, 0.15) is 0 Å². The average Bonchev–Trinajstić information content (AvgIpc) is 3.11. The molecule has 0 radical (unpaired) electrons. The fraction of sp³-hybridized carbons (Fsp3) is 0. The van der Waals surface area contributed by atoms with Gasteiger partial charge in [-0.3, -0.25) is 0 Å². The van der Waals surface area contributed by atoms with Gasteiger partial charge in [0.25, 0.3) is 0 Å². The van der Waals surface area contributed by atoms with Crippen LogP contribution in [0.25, 0.3) is 0 Å². The summed E-state index contributed by atoms with van der Waals surface area (Å²) in [5.74, 6) is 2.55. The molecule has 1 spiro atoms. The summed E-state index contributed by atoms with van der Waals surface area (Å²) in [6, 6.07) is 24.7. The number of hydrogen-bond donors (Lipinski definition) is 0. The zero-order valence-corrected chi connectivity index (χ0v) is 17.3. The van der Waals surface area contributed by atoms with E-state index >= 15 is 0 Å². The first-order chi connectivity index (χ1) is 11.3. The van der Waals surface area contributed by atoms with Crippen molar-refractivity contribution >= 4 is 13.5 Å². The zero-order chi connectivity index (χ0) is 15.4. The van der Waals surface area contributed by atoms with Crippen LogP contribution in [0.4, 0.5) is 0 Å². The van der Waals surface area contributed by atoms with Gasteiger partial charge in [0.2, 0.25) is 0 Å². The molecule has 2 aliphatic heterocycles. The molecule has 3 aromatic rings. The molecule has 0 unspecified atom stereocenters. The molecule has 2 aliphatic rings. The molecule has 0 amide bonds. The number of hydrogen-bond acceptors (Lipinski definition) is 4. The minimum atomic E-state index is -4.31. The molecule has 0 bridgehead atoms. The van der Waals surface area contributed by atoms with Crippen LogP contribution in [0.2, 0.25) is 0 Å². The summed E-state index contributed by atoms with van der Waals surface area (Å²) in [5, 5.41) is 0.778. The molecule has 0 atom stereocenters. The summed E-state index contributed by atoms with van der Waals surface area (Å²) in [4.78, 5) is 0. The topological polar surface area (TPSA) is 36.9 Å². The first-order valence-corrected chi connectivity index (χ1v) is 9.58. The van der Waals surface area contributed by atoms with Crippen molar-refractivity contribution in [1.29, 1.82) is 0 Å². The molecule has 3 aromatic carbocycles. The number of benzene rings is 3. The van der Waals surface area contributed by atoms with Gasteiger partial charge in [-0.05, 0) is 0 Å².